The minimum Gasteiger partial charge on any atom is -0.497 e. The standard InChI is InChI=1S/C19H20FNO4S/c1-24-16-6-8-17(9-7-16)26-13-19(23)25-12-18(22)21-11-10-14-2-4-15(20)5-3-14/h2-9H,10-13H2,1H3,(H,21,22). The molecule has 0 aliphatic rings. The maximum atomic E-state index is 12.8. The number of carbonyl (C=O) groups excluding carboxylic acids is 2. The number of amides is 1. The van der Waals surface area contributed by atoms with Gasteiger partial charge in [0.2, 0.25) is 0 Å². The molecule has 2 aromatic carbocycles. The SMILES string of the molecule is COc1ccc(SCC(=O)OCC(=O)NCCc2ccc(F)cc2)cc1. The third kappa shape index (κ3) is 7.14. The third-order valence-electron chi connectivity index (χ3n) is 3.43. The van der Waals surface area contributed by atoms with Crippen molar-refractivity contribution in [1.82, 2.24) is 5.32 Å². The smallest absolute Gasteiger partial charge is 0.316 e. The van der Waals surface area contributed by atoms with Gasteiger partial charge in [-0.3, -0.25) is 9.59 Å². The minimum absolute atomic E-state index is 0.120. The lowest BCUT2D eigenvalue weighted by molar-refractivity contribution is -0.145. The summed E-state index contributed by atoms with van der Waals surface area (Å²) in [6, 6.07) is 13.4. The van der Waals surface area contributed by atoms with Gasteiger partial charge in [0.05, 0.1) is 12.9 Å². The Bertz CT molecular complexity index is 719. The fourth-order valence-electron chi connectivity index (χ4n) is 2.05. The first-order chi connectivity index (χ1) is 12.6. The van der Waals surface area contributed by atoms with Gasteiger partial charge < -0.3 is 14.8 Å². The van der Waals surface area contributed by atoms with Crippen LogP contribution in [0.25, 0.3) is 0 Å². The van der Waals surface area contributed by atoms with Gasteiger partial charge in [-0.15, -0.1) is 11.8 Å². The van der Waals surface area contributed by atoms with Crippen LogP contribution in [0.15, 0.2) is 53.4 Å². The van der Waals surface area contributed by atoms with E-state index >= 15 is 0 Å². The summed E-state index contributed by atoms with van der Waals surface area (Å²) in [5, 5.41) is 2.66. The van der Waals surface area contributed by atoms with Gasteiger partial charge in [0.15, 0.2) is 6.61 Å². The van der Waals surface area contributed by atoms with E-state index in [1.807, 2.05) is 24.3 Å². The summed E-state index contributed by atoms with van der Waals surface area (Å²) < 4.78 is 22.8. The summed E-state index contributed by atoms with van der Waals surface area (Å²) in [6.45, 7) is 0.0774. The molecule has 1 N–H and O–H groups in total. The molecular weight excluding hydrogens is 357 g/mol. The molecule has 1 amide bonds. The second-order valence-electron chi connectivity index (χ2n) is 5.35. The van der Waals surface area contributed by atoms with Gasteiger partial charge in [0.1, 0.15) is 11.6 Å². The summed E-state index contributed by atoms with van der Waals surface area (Å²) in [7, 11) is 1.59. The molecule has 138 valence electrons. The summed E-state index contributed by atoms with van der Waals surface area (Å²) >= 11 is 1.32. The number of rotatable bonds is 9. The number of nitrogens with one attached hydrogen (secondary N) is 1. The fourth-order valence-corrected chi connectivity index (χ4v) is 2.75. The predicted octanol–water partition coefficient (Wildman–Crippen LogP) is 2.83. The second kappa shape index (κ2) is 10.5. The van der Waals surface area contributed by atoms with Crippen molar-refractivity contribution in [2.45, 2.75) is 11.3 Å². The van der Waals surface area contributed by atoms with E-state index in [-0.39, 0.29) is 24.1 Å². The van der Waals surface area contributed by atoms with E-state index in [9.17, 15) is 14.0 Å². The van der Waals surface area contributed by atoms with Crippen molar-refractivity contribution in [3.8, 4) is 5.75 Å². The molecular formula is C19H20FNO4S. The molecule has 7 heteroatoms. The highest BCUT2D eigenvalue weighted by atomic mass is 32.2. The van der Waals surface area contributed by atoms with Crippen LogP contribution in [0.3, 0.4) is 0 Å². The molecule has 2 rings (SSSR count). The predicted molar refractivity (Wildman–Crippen MR) is 97.8 cm³/mol. The van der Waals surface area contributed by atoms with E-state index < -0.39 is 5.97 Å². The highest BCUT2D eigenvalue weighted by molar-refractivity contribution is 8.00. The Kier molecular flexibility index (Phi) is 7.95. The van der Waals surface area contributed by atoms with Crippen LogP contribution >= 0.6 is 11.8 Å². The van der Waals surface area contributed by atoms with Crippen molar-refractivity contribution >= 4 is 23.6 Å². The Balaban J connectivity index is 1.60. The maximum Gasteiger partial charge on any atom is 0.316 e. The zero-order valence-electron chi connectivity index (χ0n) is 14.4. The van der Waals surface area contributed by atoms with Gasteiger partial charge in [-0.05, 0) is 48.4 Å². The second-order valence-corrected chi connectivity index (χ2v) is 6.40. The lowest BCUT2D eigenvalue weighted by Gasteiger charge is -2.07. The van der Waals surface area contributed by atoms with Gasteiger partial charge >= 0.3 is 5.97 Å². The van der Waals surface area contributed by atoms with Gasteiger partial charge in [-0.25, -0.2) is 4.39 Å². The molecule has 2 aromatic rings. The average molecular weight is 377 g/mol. The van der Waals surface area contributed by atoms with E-state index in [1.54, 1.807) is 19.2 Å². The van der Waals surface area contributed by atoms with Gasteiger partial charge in [0.25, 0.3) is 5.91 Å². The van der Waals surface area contributed by atoms with E-state index in [1.165, 1.54) is 23.9 Å². The number of benzene rings is 2. The highest BCUT2D eigenvalue weighted by Crippen LogP contribution is 2.21. The molecule has 26 heavy (non-hydrogen) atoms. The first kappa shape index (κ1) is 19.8. The van der Waals surface area contributed by atoms with Crippen molar-refractivity contribution in [1.29, 1.82) is 0 Å². The number of thioether (sulfide) groups is 1. The molecule has 0 saturated heterocycles. The van der Waals surface area contributed by atoms with Crippen molar-refractivity contribution < 1.29 is 23.5 Å². The van der Waals surface area contributed by atoms with Crippen molar-refractivity contribution in [3.63, 3.8) is 0 Å². The Labute approximate surface area is 155 Å². The molecule has 5 nitrogen and oxygen atoms in total. The summed E-state index contributed by atoms with van der Waals surface area (Å²) in [5.41, 5.74) is 0.916. The Morgan fingerprint density at radius 2 is 1.77 bits per heavy atom. The fraction of sp³-hybridized carbons (Fsp3) is 0.263. The number of halogens is 1. The topological polar surface area (TPSA) is 64.6 Å². The van der Waals surface area contributed by atoms with Crippen LogP contribution in [-0.4, -0.2) is 37.9 Å². The average Bonchev–Trinajstić information content (AvgIpc) is 2.66. The van der Waals surface area contributed by atoms with Gasteiger partial charge in [-0.1, -0.05) is 12.1 Å². The zero-order chi connectivity index (χ0) is 18.8. The van der Waals surface area contributed by atoms with Crippen LogP contribution < -0.4 is 10.1 Å². The molecule has 0 atom stereocenters. The molecule has 0 spiro atoms. The third-order valence-corrected chi connectivity index (χ3v) is 4.42. The molecule has 0 heterocycles. The molecule has 0 fully saturated rings. The van der Waals surface area contributed by atoms with E-state index in [2.05, 4.69) is 5.32 Å². The van der Waals surface area contributed by atoms with Crippen LogP contribution in [0.2, 0.25) is 0 Å². The maximum absolute atomic E-state index is 12.8. The zero-order valence-corrected chi connectivity index (χ0v) is 15.2. The normalized spacial score (nSPS) is 10.2. The molecule has 0 unspecified atom stereocenters. The van der Waals surface area contributed by atoms with E-state index in [0.717, 1.165) is 16.2 Å². The minimum atomic E-state index is -0.459. The summed E-state index contributed by atoms with van der Waals surface area (Å²) in [6.07, 6.45) is 0.577. The molecule has 0 saturated carbocycles. The summed E-state index contributed by atoms with van der Waals surface area (Å²) in [5.74, 6) is -0.254. The molecule has 0 bridgehead atoms. The lowest BCUT2D eigenvalue weighted by Crippen LogP contribution is -2.30. The lowest BCUT2D eigenvalue weighted by atomic mass is 10.1. The molecule has 0 aliphatic heterocycles. The Morgan fingerprint density at radius 3 is 2.42 bits per heavy atom. The van der Waals surface area contributed by atoms with Crippen LogP contribution in [0.5, 0.6) is 5.75 Å². The van der Waals surface area contributed by atoms with Crippen molar-refractivity contribution in [3.05, 3.63) is 59.9 Å². The van der Waals surface area contributed by atoms with Gasteiger partial charge in [-0.2, -0.15) is 0 Å². The number of hydrogen-bond acceptors (Lipinski definition) is 5. The van der Waals surface area contributed by atoms with E-state index in [4.69, 9.17) is 9.47 Å². The van der Waals surface area contributed by atoms with Crippen LogP contribution in [0, 0.1) is 5.82 Å². The number of methoxy groups -OCH3 is 1. The Morgan fingerprint density at radius 1 is 1.08 bits per heavy atom. The van der Waals surface area contributed by atoms with Crippen LogP contribution in [0.1, 0.15) is 5.56 Å². The van der Waals surface area contributed by atoms with Crippen LogP contribution in [-0.2, 0) is 20.7 Å². The first-order valence-corrected chi connectivity index (χ1v) is 8.99. The molecule has 0 aromatic heterocycles. The molecule has 0 aliphatic carbocycles. The number of carbonyl (C=O) groups is 2. The van der Waals surface area contributed by atoms with Crippen LogP contribution in [0.4, 0.5) is 4.39 Å². The number of hydrogen-bond donors (Lipinski definition) is 1. The van der Waals surface area contributed by atoms with Gasteiger partial charge in [0, 0.05) is 11.4 Å². The number of ether oxygens (including phenoxy) is 2. The summed E-state index contributed by atoms with van der Waals surface area (Å²) in [4.78, 5) is 24.3. The highest BCUT2D eigenvalue weighted by Gasteiger charge is 2.08. The first-order valence-electron chi connectivity index (χ1n) is 8.00. The quantitative estimate of drug-likeness (QED) is 0.538. The monoisotopic (exact) mass is 377 g/mol. The Hall–Kier alpha value is -2.54. The van der Waals surface area contributed by atoms with Crippen molar-refractivity contribution in [2.24, 2.45) is 0 Å². The van der Waals surface area contributed by atoms with Crippen molar-refractivity contribution in [2.75, 3.05) is 26.0 Å². The number of esters is 1. The molecule has 0 radical (unpaired) electrons. The van der Waals surface area contributed by atoms with E-state index in [0.29, 0.717) is 13.0 Å². The largest absolute Gasteiger partial charge is 0.497 e.